The van der Waals surface area contributed by atoms with Gasteiger partial charge in [0.1, 0.15) is 12.2 Å². The van der Waals surface area contributed by atoms with Crippen LogP contribution in [0.3, 0.4) is 0 Å². The molecule has 0 radical (unpaired) electrons. The minimum absolute atomic E-state index is 0.112. The second-order valence-electron chi connectivity index (χ2n) is 11.0. The number of ether oxygens (including phenoxy) is 2. The summed E-state index contributed by atoms with van der Waals surface area (Å²) in [6.07, 6.45) is 3.03. The predicted octanol–water partition coefficient (Wildman–Crippen LogP) is 4.95. The molecule has 0 atom stereocenters. The molecule has 2 aromatic heterocycles. The number of pyridine rings is 2. The Bertz CT molecular complexity index is 1440. The smallest absolute Gasteiger partial charge is 0.339 e. The number of hydrogen-bond donors (Lipinski definition) is 0. The van der Waals surface area contributed by atoms with E-state index in [1.165, 1.54) is 0 Å². The highest BCUT2D eigenvalue weighted by Crippen LogP contribution is 2.29. The molecular formula is C32H34N4O4. The predicted molar refractivity (Wildman–Crippen MR) is 154 cm³/mol. The second-order valence-corrected chi connectivity index (χ2v) is 11.0. The summed E-state index contributed by atoms with van der Waals surface area (Å²) < 4.78 is 11.9. The Balaban J connectivity index is 1.37. The van der Waals surface area contributed by atoms with Gasteiger partial charge in [-0.25, -0.2) is 19.6 Å². The fourth-order valence-corrected chi connectivity index (χ4v) is 5.59. The number of piperidine rings is 2. The molecule has 40 heavy (non-hydrogen) atoms. The van der Waals surface area contributed by atoms with Crippen LogP contribution in [0.1, 0.15) is 46.4 Å². The molecule has 6 rings (SSSR count). The van der Waals surface area contributed by atoms with Gasteiger partial charge in [0.2, 0.25) is 0 Å². The lowest BCUT2D eigenvalue weighted by atomic mass is 10.0. The van der Waals surface area contributed by atoms with Crippen molar-refractivity contribution >= 4 is 33.7 Å². The third-order valence-electron chi connectivity index (χ3n) is 8.01. The van der Waals surface area contributed by atoms with E-state index in [0.717, 1.165) is 62.6 Å². The monoisotopic (exact) mass is 538 g/mol. The Hall–Kier alpha value is -3.88. The fraction of sp³-hybridized carbons (Fsp3) is 0.375. The molecule has 2 aliphatic heterocycles. The van der Waals surface area contributed by atoms with E-state index in [2.05, 4.69) is 23.9 Å². The highest BCUT2D eigenvalue weighted by atomic mass is 16.5. The van der Waals surface area contributed by atoms with Crippen LogP contribution in [0, 0.1) is 0 Å². The van der Waals surface area contributed by atoms with Crippen LogP contribution in [0.4, 0.5) is 0 Å². The largest absolute Gasteiger partial charge is 0.459 e. The third-order valence-corrected chi connectivity index (χ3v) is 8.01. The number of esters is 2. The van der Waals surface area contributed by atoms with Crippen molar-refractivity contribution in [3.05, 3.63) is 71.8 Å². The number of likely N-dealkylation sites (tertiary alicyclic amines) is 2. The molecule has 0 saturated carbocycles. The van der Waals surface area contributed by atoms with Gasteiger partial charge in [-0.3, -0.25) is 0 Å². The fourth-order valence-electron chi connectivity index (χ4n) is 5.59. The quantitative estimate of drug-likeness (QED) is 0.330. The van der Waals surface area contributed by atoms with Crippen LogP contribution in [0.2, 0.25) is 0 Å². The molecule has 0 unspecified atom stereocenters. The van der Waals surface area contributed by atoms with Gasteiger partial charge in [-0.1, -0.05) is 36.4 Å². The summed E-state index contributed by atoms with van der Waals surface area (Å²) in [5.41, 5.74) is 3.25. The first-order valence-corrected chi connectivity index (χ1v) is 14.0. The Morgan fingerprint density at radius 1 is 0.650 bits per heavy atom. The average Bonchev–Trinajstić information content (AvgIpc) is 2.98. The molecule has 4 heterocycles. The minimum atomic E-state index is -0.364. The maximum Gasteiger partial charge on any atom is 0.339 e. The SMILES string of the molecule is CN1CCC(OC(=O)c2cc(-c3cc(C(=O)OC4CCN(C)CC4)c4ccccc4n3)nc3ccccc23)CC1. The van der Waals surface area contributed by atoms with Gasteiger partial charge in [-0.2, -0.15) is 0 Å². The first-order chi connectivity index (χ1) is 19.4. The number of benzene rings is 2. The molecule has 0 aliphatic carbocycles. The zero-order valence-corrected chi connectivity index (χ0v) is 23.0. The maximum absolute atomic E-state index is 13.5. The van der Waals surface area contributed by atoms with Crippen molar-refractivity contribution in [2.45, 2.75) is 37.9 Å². The number of hydrogen-bond acceptors (Lipinski definition) is 8. The molecule has 4 aromatic rings. The third kappa shape index (κ3) is 5.55. The molecule has 2 aromatic carbocycles. The van der Waals surface area contributed by atoms with Crippen LogP contribution in [0.5, 0.6) is 0 Å². The van der Waals surface area contributed by atoms with E-state index in [1.54, 1.807) is 12.1 Å². The van der Waals surface area contributed by atoms with E-state index in [9.17, 15) is 9.59 Å². The lowest BCUT2D eigenvalue weighted by Gasteiger charge is -2.28. The zero-order chi connectivity index (χ0) is 27.6. The molecular weight excluding hydrogens is 504 g/mol. The van der Waals surface area contributed by atoms with Crippen molar-refractivity contribution in [1.82, 2.24) is 19.8 Å². The Kier molecular flexibility index (Phi) is 7.45. The van der Waals surface area contributed by atoms with Crippen LogP contribution < -0.4 is 0 Å². The highest BCUT2D eigenvalue weighted by Gasteiger charge is 2.25. The number of para-hydroxylation sites is 2. The summed E-state index contributed by atoms with van der Waals surface area (Å²) in [5.74, 6) is -0.728. The van der Waals surface area contributed by atoms with Gasteiger partial charge in [-0.05, 0) is 64.0 Å². The first-order valence-electron chi connectivity index (χ1n) is 14.0. The van der Waals surface area contributed by atoms with E-state index in [-0.39, 0.29) is 24.1 Å². The average molecular weight is 539 g/mol. The van der Waals surface area contributed by atoms with Crippen LogP contribution in [-0.2, 0) is 9.47 Å². The normalized spacial score (nSPS) is 17.8. The molecule has 8 nitrogen and oxygen atoms in total. The molecule has 2 saturated heterocycles. The van der Waals surface area contributed by atoms with Crippen LogP contribution in [-0.4, -0.2) is 84.2 Å². The summed E-state index contributed by atoms with van der Waals surface area (Å²) in [5, 5.41) is 1.46. The minimum Gasteiger partial charge on any atom is -0.459 e. The van der Waals surface area contributed by atoms with Crippen LogP contribution in [0.25, 0.3) is 33.2 Å². The summed E-state index contributed by atoms with van der Waals surface area (Å²) >= 11 is 0. The molecule has 2 aliphatic rings. The molecule has 0 spiro atoms. The summed E-state index contributed by atoms with van der Waals surface area (Å²) in [6.45, 7) is 3.60. The number of carbonyl (C=O) groups is 2. The number of fused-ring (bicyclic) bond motifs is 2. The Labute approximate surface area is 233 Å². The molecule has 0 N–H and O–H groups in total. The van der Waals surface area contributed by atoms with Crippen molar-refractivity contribution in [2.24, 2.45) is 0 Å². The van der Waals surface area contributed by atoms with Gasteiger partial charge in [0.05, 0.1) is 33.5 Å². The van der Waals surface area contributed by atoms with Gasteiger partial charge in [-0.15, -0.1) is 0 Å². The van der Waals surface area contributed by atoms with Crippen molar-refractivity contribution in [3.63, 3.8) is 0 Å². The topological polar surface area (TPSA) is 84.9 Å². The Morgan fingerprint density at radius 3 is 1.43 bits per heavy atom. The number of rotatable bonds is 5. The van der Waals surface area contributed by atoms with Crippen molar-refractivity contribution in [3.8, 4) is 11.4 Å². The van der Waals surface area contributed by atoms with E-state index in [4.69, 9.17) is 19.4 Å². The van der Waals surface area contributed by atoms with Gasteiger partial charge in [0, 0.05) is 37.0 Å². The van der Waals surface area contributed by atoms with Gasteiger partial charge in [0.15, 0.2) is 0 Å². The van der Waals surface area contributed by atoms with Crippen LogP contribution in [0.15, 0.2) is 60.7 Å². The van der Waals surface area contributed by atoms with Crippen molar-refractivity contribution < 1.29 is 19.1 Å². The van der Waals surface area contributed by atoms with Gasteiger partial charge in [0.25, 0.3) is 0 Å². The van der Waals surface area contributed by atoms with E-state index in [0.29, 0.717) is 33.5 Å². The highest BCUT2D eigenvalue weighted by molar-refractivity contribution is 6.06. The van der Waals surface area contributed by atoms with Gasteiger partial charge < -0.3 is 19.3 Å². The summed E-state index contributed by atoms with van der Waals surface area (Å²) in [4.78, 5) is 41.1. The number of nitrogens with zero attached hydrogens (tertiary/aromatic N) is 4. The standard InChI is InChI=1S/C32H34N4O4/c1-35-15-11-21(12-16-35)39-31(37)25-19-29(33-27-9-5-3-7-23(25)27)30-20-26(24-8-4-6-10-28(24)34-30)32(38)40-22-13-17-36(2)18-14-22/h3-10,19-22H,11-18H2,1-2H3. The summed E-state index contributed by atoms with van der Waals surface area (Å²) in [6, 6.07) is 18.6. The van der Waals surface area contributed by atoms with E-state index < -0.39 is 0 Å². The lowest BCUT2D eigenvalue weighted by molar-refractivity contribution is 0.0133. The Morgan fingerprint density at radius 2 is 1.02 bits per heavy atom. The van der Waals surface area contributed by atoms with Crippen molar-refractivity contribution in [1.29, 1.82) is 0 Å². The lowest BCUT2D eigenvalue weighted by Crippen LogP contribution is -2.35. The number of carbonyl (C=O) groups excluding carboxylic acids is 2. The van der Waals surface area contributed by atoms with Crippen LogP contribution >= 0.6 is 0 Å². The zero-order valence-electron chi connectivity index (χ0n) is 23.0. The van der Waals surface area contributed by atoms with Gasteiger partial charge >= 0.3 is 11.9 Å². The van der Waals surface area contributed by atoms with Crippen molar-refractivity contribution in [2.75, 3.05) is 40.3 Å². The summed E-state index contributed by atoms with van der Waals surface area (Å²) in [7, 11) is 4.16. The second kappa shape index (κ2) is 11.3. The maximum atomic E-state index is 13.5. The molecule has 206 valence electrons. The molecule has 0 amide bonds. The molecule has 2 fully saturated rings. The number of aromatic nitrogens is 2. The molecule has 8 heteroatoms. The van der Waals surface area contributed by atoms with E-state index in [1.807, 2.05) is 48.5 Å². The first kappa shape index (κ1) is 26.3. The van der Waals surface area contributed by atoms with E-state index >= 15 is 0 Å². The molecule has 0 bridgehead atoms.